The van der Waals surface area contributed by atoms with Gasteiger partial charge in [0.25, 0.3) is 0 Å². The Balaban J connectivity index is 2.36. The summed E-state index contributed by atoms with van der Waals surface area (Å²) in [7, 11) is 2.14. The molecule has 0 spiro atoms. The second-order valence-corrected chi connectivity index (χ2v) is 5.56. The standard InChI is InChI=1S/C16H28N2O/c1-5-6-7-9-18(4)13-16-15(8-10-19-16)12-17-11-14(2)3/h5,8,10,14,17H,1,6-7,9,11-13H2,2-4H3. The van der Waals surface area contributed by atoms with E-state index in [1.807, 2.05) is 6.08 Å². The number of allylic oxidation sites excluding steroid dienone is 1. The van der Waals surface area contributed by atoms with Crippen molar-refractivity contribution >= 4 is 0 Å². The maximum Gasteiger partial charge on any atom is 0.122 e. The molecule has 3 nitrogen and oxygen atoms in total. The van der Waals surface area contributed by atoms with Gasteiger partial charge in [-0.2, -0.15) is 0 Å². The van der Waals surface area contributed by atoms with Gasteiger partial charge in [-0.3, -0.25) is 4.90 Å². The minimum Gasteiger partial charge on any atom is -0.468 e. The summed E-state index contributed by atoms with van der Waals surface area (Å²) in [6.07, 6.45) is 5.99. The van der Waals surface area contributed by atoms with Crippen molar-refractivity contribution in [1.29, 1.82) is 0 Å². The van der Waals surface area contributed by atoms with Gasteiger partial charge in [-0.05, 0) is 45.0 Å². The molecule has 0 aliphatic carbocycles. The third-order valence-corrected chi connectivity index (χ3v) is 3.07. The zero-order valence-electron chi connectivity index (χ0n) is 12.6. The van der Waals surface area contributed by atoms with Crippen LogP contribution in [-0.2, 0) is 13.1 Å². The summed E-state index contributed by atoms with van der Waals surface area (Å²) >= 11 is 0. The molecule has 19 heavy (non-hydrogen) atoms. The predicted molar refractivity (Wildman–Crippen MR) is 81.0 cm³/mol. The Morgan fingerprint density at radius 1 is 1.47 bits per heavy atom. The minimum atomic E-state index is 0.678. The third-order valence-electron chi connectivity index (χ3n) is 3.07. The van der Waals surface area contributed by atoms with Gasteiger partial charge in [0, 0.05) is 12.1 Å². The number of nitrogens with zero attached hydrogens (tertiary/aromatic N) is 1. The second kappa shape index (κ2) is 8.94. The first kappa shape index (κ1) is 16.0. The van der Waals surface area contributed by atoms with Crippen LogP contribution in [0.1, 0.15) is 38.0 Å². The predicted octanol–water partition coefficient (Wildman–Crippen LogP) is 3.42. The fraction of sp³-hybridized carbons (Fsp3) is 0.625. The van der Waals surface area contributed by atoms with E-state index in [0.717, 1.165) is 44.8 Å². The molecule has 0 aliphatic heterocycles. The van der Waals surface area contributed by atoms with Crippen LogP contribution in [0.2, 0.25) is 0 Å². The number of hydrogen-bond donors (Lipinski definition) is 1. The third kappa shape index (κ3) is 6.60. The molecule has 0 saturated heterocycles. The summed E-state index contributed by atoms with van der Waals surface area (Å²) in [5, 5.41) is 3.46. The number of nitrogens with one attached hydrogen (secondary N) is 1. The Morgan fingerprint density at radius 3 is 2.95 bits per heavy atom. The van der Waals surface area contributed by atoms with Gasteiger partial charge in [-0.15, -0.1) is 6.58 Å². The molecule has 0 fully saturated rings. The summed E-state index contributed by atoms with van der Waals surface area (Å²) < 4.78 is 5.60. The Morgan fingerprint density at radius 2 is 2.26 bits per heavy atom. The van der Waals surface area contributed by atoms with Crippen molar-refractivity contribution in [1.82, 2.24) is 10.2 Å². The van der Waals surface area contributed by atoms with Gasteiger partial charge in [-0.1, -0.05) is 19.9 Å². The molecule has 0 aromatic carbocycles. The monoisotopic (exact) mass is 264 g/mol. The van der Waals surface area contributed by atoms with Crippen molar-refractivity contribution in [2.45, 2.75) is 39.8 Å². The lowest BCUT2D eigenvalue weighted by atomic mass is 10.2. The highest BCUT2D eigenvalue weighted by Gasteiger charge is 2.09. The largest absolute Gasteiger partial charge is 0.468 e. The van der Waals surface area contributed by atoms with E-state index < -0.39 is 0 Å². The fourth-order valence-electron chi connectivity index (χ4n) is 1.99. The fourth-order valence-corrected chi connectivity index (χ4v) is 1.99. The van der Waals surface area contributed by atoms with Gasteiger partial charge in [-0.25, -0.2) is 0 Å². The summed E-state index contributed by atoms with van der Waals surface area (Å²) in [6, 6.07) is 2.07. The first-order valence-corrected chi connectivity index (χ1v) is 7.19. The van der Waals surface area contributed by atoms with E-state index in [1.54, 1.807) is 6.26 Å². The summed E-state index contributed by atoms with van der Waals surface area (Å²) in [6.45, 7) is 12.1. The Labute approximate surface area is 117 Å². The number of hydrogen-bond acceptors (Lipinski definition) is 3. The molecule has 0 amide bonds. The van der Waals surface area contributed by atoms with E-state index in [2.05, 4.69) is 43.8 Å². The molecule has 1 heterocycles. The molecule has 0 bridgehead atoms. The molecule has 3 heteroatoms. The van der Waals surface area contributed by atoms with Crippen molar-refractivity contribution in [3.63, 3.8) is 0 Å². The quantitative estimate of drug-likeness (QED) is 0.518. The van der Waals surface area contributed by atoms with Crippen molar-refractivity contribution < 1.29 is 4.42 Å². The number of unbranched alkanes of at least 4 members (excludes halogenated alkanes) is 1. The SMILES string of the molecule is C=CCCCN(C)Cc1occc1CNCC(C)C. The van der Waals surface area contributed by atoms with Gasteiger partial charge >= 0.3 is 0 Å². The number of furan rings is 1. The summed E-state index contributed by atoms with van der Waals surface area (Å²) in [4.78, 5) is 2.30. The van der Waals surface area contributed by atoms with Crippen LogP contribution in [0.15, 0.2) is 29.4 Å². The molecule has 0 unspecified atom stereocenters. The van der Waals surface area contributed by atoms with Crippen LogP contribution in [0.4, 0.5) is 0 Å². The van der Waals surface area contributed by atoms with Gasteiger partial charge in [0.2, 0.25) is 0 Å². The topological polar surface area (TPSA) is 28.4 Å². The second-order valence-electron chi connectivity index (χ2n) is 5.56. The molecule has 1 N–H and O–H groups in total. The molecule has 1 aromatic rings. The van der Waals surface area contributed by atoms with E-state index in [9.17, 15) is 0 Å². The first-order chi connectivity index (χ1) is 9.13. The highest BCUT2D eigenvalue weighted by atomic mass is 16.3. The Kier molecular flexibility index (Phi) is 7.53. The zero-order chi connectivity index (χ0) is 14.1. The summed E-state index contributed by atoms with van der Waals surface area (Å²) in [5.41, 5.74) is 1.27. The van der Waals surface area contributed by atoms with Gasteiger partial charge in [0.05, 0.1) is 12.8 Å². The molecule has 0 aliphatic rings. The normalized spacial score (nSPS) is 11.4. The van der Waals surface area contributed by atoms with E-state index in [-0.39, 0.29) is 0 Å². The maximum absolute atomic E-state index is 5.60. The molecular formula is C16H28N2O. The van der Waals surface area contributed by atoms with E-state index in [4.69, 9.17) is 4.42 Å². The average Bonchev–Trinajstić information content (AvgIpc) is 2.76. The van der Waals surface area contributed by atoms with E-state index in [0.29, 0.717) is 5.92 Å². The molecule has 0 radical (unpaired) electrons. The van der Waals surface area contributed by atoms with Gasteiger partial charge < -0.3 is 9.73 Å². The van der Waals surface area contributed by atoms with Crippen LogP contribution in [0, 0.1) is 5.92 Å². The smallest absolute Gasteiger partial charge is 0.122 e. The first-order valence-electron chi connectivity index (χ1n) is 7.19. The van der Waals surface area contributed by atoms with Crippen molar-refractivity contribution in [2.75, 3.05) is 20.1 Å². The maximum atomic E-state index is 5.60. The minimum absolute atomic E-state index is 0.678. The highest BCUT2D eigenvalue weighted by molar-refractivity contribution is 5.16. The Bertz CT molecular complexity index is 357. The van der Waals surface area contributed by atoms with Crippen molar-refractivity contribution in [3.8, 4) is 0 Å². The highest BCUT2D eigenvalue weighted by Crippen LogP contribution is 2.13. The number of rotatable bonds is 10. The van der Waals surface area contributed by atoms with Crippen LogP contribution in [-0.4, -0.2) is 25.0 Å². The van der Waals surface area contributed by atoms with Crippen LogP contribution in [0.5, 0.6) is 0 Å². The van der Waals surface area contributed by atoms with Crippen molar-refractivity contribution in [2.24, 2.45) is 5.92 Å². The van der Waals surface area contributed by atoms with E-state index in [1.165, 1.54) is 5.56 Å². The molecule has 1 aromatic heterocycles. The lowest BCUT2D eigenvalue weighted by Crippen LogP contribution is -2.22. The summed E-state index contributed by atoms with van der Waals surface area (Å²) in [5.74, 6) is 1.76. The lowest BCUT2D eigenvalue weighted by Gasteiger charge is -2.15. The van der Waals surface area contributed by atoms with Crippen LogP contribution in [0.3, 0.4) is 0 Å². The molecule has 1 rings (SSSR count). The van der Waals surface area contributed by atoms with Crippen LogP contribution >= 0.6 is 0 Å². The Hall–Kier alpha value is -1.06. The van der Waals surface area contributed by atoms with Crippen LogP contribution in [0.25, 0.3) is 0 Å². The van der Waals surface area contributed by atoms with E-state index >= 15 is 0 Å². The molecule has 0 atom stereocenters. The van der Waals surface area contributed by atoms with Gasteiger partial charge in [0.15, 0.2) is 0 Å². The molecule has 0 saturated carbocycles. The average molecular weight is 264 g/mol. The van der Waals surface area contributed by atoms with Crippen LogP contribution < -0.4 is 5.32 Å². The molecule has 108 valence electrons. The van der Waals surface area contributed by atoms with Crippen molar-refractivity contribution in [3.05, 3.63) is 36.3 Å². The zero-order valence-corrected chi connectivity index (χ0v) is 12.6. The molecular weight excluding hydrogens is 236 g/mol. The van der Waals surface area contributed by atoms with Gasteiger partial charge in [0.1, 0.15) is 5.76 Å². The lowest BCUT2D eigenvalue weighted by molar-refractivity contribution is 0.290.